The molecular weight excluding hydrogens is 304 g/mol. The number of aryl methyl sites for hydroxylation is 1. The van der Waals surface area contributed by atoms with Crippen LogP contribution in [0.2, 0.25) is 0 Å². The van der Waals surface area contributed by atoms with Gasteiger partial charge in [-0.15, -0.1) is 0 Å². The van der Waals surface area contributed by atoms with Gasteiger partial charge in [-0.1, -0.05) is 55.3 Å². The van der Waals surface area contributed by atoms with Gasteiger partial charge in [0, 0.05) is 7.11 Å². The molecule has 1 nitrogen and oxygen atoms in total. The van der Waals surface area contributed by atoms with Crippen LogP contribution in [-0.4, -0.2) is 13.7 Å². The summed E-state index contributed by atoms with van der Waals surface area (Å²) in [4.78, 5) is 0. The fourth-order valence-corrected chi connectivity index (χ4v) is 5.12. The van der Waals surface area contributed by atoms with Gasteiger partial charge in [-0.25, -0.2) is 0 Å². The Labute approximate surface area is 154 Å². The molecule has 1 aromatic rings. The quantitative estimate of drug-likeness (QED) is 0.519. The van der Waals surface area contributed by atoms with E-state index in [9.17, 15) is 0 Å². The number of methoxy groups -OCH3 is 1. The summed E-state index contributed by atoms with van der Waals surface area (Å²) in [6.07, 6.45) is 18.9. The normalized spacial score (nSPS) is 30.6. The van der Waals surface area contributed by atoms with E-state index in [-0.39, 0.29) is 0 Å². The summed E-state index contributed by atoms with van der Waals surface area (Å²) in [7, 11) is 1.78. The molecule has 2 fully saturated rings. The predicted molar refractivity (Wildman–Crippen MR) is 107 cm³/mol. The summed E-state index contributed by atoms with van der Waals surface area (Å²) in [6, 6.07) is 11.0. The van der Waals surface area contributed by atoms with Gasteiger partial charge in [0.15, 0.2) is 0 Å². The number of ether oxygens (including phenoxy) is 1. The Morgan fingerprint density at radius 1 is 0.880 bits per heavy atom. The highest BCUT2D eigenvalue weighted by atomic mass is 16.5. The maximum Gasteiger partial charge on any atom is 0.0643 e. The van der Waals surface area contributed by atoms with E-state index in [1.165, 1.54) is 69.8 Å². The highest BCUT2D eigenvalue weighted by Gasteiger charge is 2.30. The summed E-state index contributed by atoms with van der Waals surface area (Å²) in [5.41, 5.74) is 1.52. The molecule has 0 saturated heterocycles. The third-order valence-electron chi connectivity index (χ3n) is 6.73. The molecule has 0 heterocycles. The molecule has 25 heavy (non-hydrogen) atoms. The number of benzene rings is 1. The van der Waals surface area contributed by atoms with Crippen molar-refractivity contribution in [2.75, 3.05) is 13.7 Å². The average molecular weight is 341 g/mol. The predicted octanol–water partition coefficient (Wildman–Crippen LogP) is 6.43. The van der Waals surface area contributed by atoms with Gasteiger partial charge in [-0.05, 0) is 80.6 Å². The lowest BCUT2D eigenvalue weighted by atomic mass is 9.68. The molecular formula is C24H36O. The monoisotopic (exact) mass is 340 g/mol. The molecule has 3 rings (SSSR count). The summed E-state index contributed by atoms with van der Waals surface area (Å²) in [5, 5.41) is 0. The van der Waals surface area contributed by atoms with Crippen molar-refractivity contribution in [1.82, 2.24) is 0 Å². The average Bonchev–Trinajstić information content (AvgIpc) is 2.68. The Morgan fingerprint density at radius 2 is 1.52 bits per heavy atom. The first-order valence-electron chi connectivity index (χ1n) is 10.5. The largest absolute Gasteiger partial charge is 0.381 e. The molecule has 2 aliphatic rings. The van der Waals surface area contributed by atoms with E-state index in [0.29, 0.717) is 0 Å². The standard InChI is InChI=1S/C24H36O/c1-25-19-5-8-21-11-15-23(16-12-21)24-17-13-22(14-18-24)10-9-20-6-3-2-4-7-20/h2-8,21-24H,9-19H2,1H3/b8-5+. The molecule has 138 valence electrons. The van der Waals surface area contributed by atoms with Gasteiger partial charge in [-0.3, -0.25) is 0 Å². The van der Waals surface area contributed by atoms with E-state index in [1.54, 1.807) is 7.11 Å². The van der Waals surface area contributed by atoms with E-state index >= 15 is 0 Å². The fraction of sp³-hybridized carbons (Fsp3) is 0.667. The van der Waals surface area contributed by atoms with Gasteiger partial charge in [-0.2, -0.15) is 0 Å². The first-order chi connectivity index (χ1) is 12.3. The Bertz CT molecular complexity index is 490. The third kappa shape index (κ3) is 5.99. The second-order valence-electron chi connectivity index (χ2n) is 8.36. The zero-order chi connectivity index (χ0) is 17.3. The van der Waals surface area contributed by atoms with Crippen LogP contribution in [0, 0.1) is 23.7 Å². The lowest BCUT2D eigenvalue weighted by Crippen LogP contribution is -2.25. The SMILES string of the molecule is COC/C=C/C1CCC(C2CCC(CCc3ccccc3)CC2)CC1. The van der Waals surface area contributed by atoms with Gasteiger partial charge in [0.1, 0.15) is 0 Å². The van der Waals surface area contributed by atoms with Crippen molar-refractivity contribution in [1.29, 1.82) is 0 Å². The molecule has 0 unspecified atom stereocenters. The Balaban J connectivity index is 1.34. The second-order valence-corrected chi connectivity index (χ2v) is 8.36. The van der Waals surface area contributed by atoms with Crippen LogP contribution in [0.3, 0.4) is 0 Å². The topological polar surface area (TPSA) is 9.23 Å². The zero-order valence-corrected chi connectivity index (χ0v) is 16.0. The number of hydrogen-bond donors (Lipinski definition) is 0. The van der Waals surface area contributed by atoms with Crippen molar-refractivity contribution < 1.29 is 4.74 Å². The summed E-state index contributed by atoms with van der Waals surface area (Å²) in [6.45, 7) is 0.771. The highest BCUT2D eigenvalue weighted by molar-refractivity contribution is 5.14. The van der Waals surface area contributed by atoms with Crippen LogP contribution in [0.25, 0.3) is 0 Å². The highest BCUT2D eigenvalue weighted by Crippen LogP contribution is 2.42. The summed E-state index contributed by atoms with van der Waals surface area (Å²) < 4.78 is 5.12. The van der Waals surface area contributed by atoms with E-state index in [4.69, 9.17) is 4.74 Å². The first-order valence-corrected chi connectivity index (χ1v) is 10.5. The van der Waals surface area contributed by atoms with E-state index in [1.807, 2.05) is 0 Å². The van der Waals surface area contributed by atoms with Crippen molar-refractivity contribution in [3.63, 3.8) is 0 Å². The number of allylic oxidation sites excluding steroid dienone is 1. The summed E-state index contributed by atoms with van der Waals surface area (Å²) >= 11 is 0. The van der Waals surface area contributed by atoms with Gasteiger partial charge in [0.2, 0.25) is 0 Å². The van der Waals surface area contributed by atoms with Gasteiger partial charge in [0.05, 0.1) is 6.61 Å². The molecule has 0 radical (unpaired) electrons. The van der Waals surface area contributed by atoms with Crippen LogP contribution >= 0.6 is 0 Å². The maximum atomic E-state index is 5.12. The molecule has 0 aromatic heterocycles. The van der Waals surface area contributed by atoms with E-state index < -0.39 is 0 Å². The Hall–Kier alpha value is -1.08. The van der Waals surface area contributed by atoms with Gasteiger partial charge >= 0.3 is 0 Å². The molecule has 0 N–H and O–H groups in total. The molecule has 2 aliphatic carbocycles. The third-order valence-corrected chi connectivity index (χ3v) is 6.73. The maximum absolute atomic E-state index is 5.12. The molecule has 0 amide bonds. The molecule has 0 spiro atoms. The first kappa shape index (κ1) is 18.7. The summed E-state index contributed by atoms with van der Waals surface area (Å²) in [5.74, 6) is 3.83. The smallest absolute Gasteiger partial charge is 0.0643 e. The van der Waals surface area contributed by atoms with Gasteiger partial charge in [0.25, 0.3) is 0 Å². The van der Waals surface area contributed by atoms with Gasteiger partial charge < -0.3 is 4.74 Å². The van der Waals surface area contributed by atoms with Crippen molar-refractivity contribution in [2.24, 2.45) is 23.7 Å². The van der Waals surface area contributed by atoms with Crippen molar-refractivity contribution in [3.05, 3.63) is 48.0 Å². The fourth-order valence-electron chi connectivity index (χ4n) is 5.12. The molecule has 0 bridgehead atoms. The lowest BCUT2D eigenvalue weighted by molar-refractivity contribution is 0.152. The molecule has 0 atom stereocenters. The van der Waals surface area contributed by atoms with Crippen LogP contribution in [0.5, 0.6) is 0 Å². The van der Waals surface area contributed by atoms with Crippen molar-refractivity contribution in [2.45, 2.75) is 64.2 Å². The van der Waals surface area contributed by atoms with Crippen molar-refractivity contribution in [3.8, 4) is 0 Å². The van der Waals surface area contributed by atoms with E-state index in [2.05, 4.69) is 42.5 Å². The Kier molecular flexibility index (Phi) is 7.60. The van der Waals surface area contributed by atoms with Crippen LogP contribution < -0.4 is 0 Å². The number of rotatable bonds is 7. The minimum Gasteiger partial charge on any atom is -0.381 e. The van der Waals surface area contributed by atoms with Crippen LogP contribution in [-0.2, 0) is 11.2 Å². The minimum atomic E-state index is 0.771. The van der Waals surface area contributed by atoms with Crippen LogP contribution in [0.4, 0.5) is 0 Å². The minimum absolute atomic E-state index is 0.771. The molecule has 1 aromatic carbocycles. The van der Waals surface area contributed by atoms with Crippen LogP contribution in [0.1, 0.15) is 63.4 Å². The van der Waals surface area contributed by atoms with Crippen LogP contribution in [0.15, 0.2) is 42.5 Å². The second kappa shape index (κ2) is 10.2. The number of hydrogen-bond acceptors (Lipinski definition) is 1. The van der Waals surface area contributed by atoms with Crippen molar-refractivity contribution >= 4 is 0 Å². The molecule has 0 aliphatic heterocycles. The van der Waals surface area contributed by atoms with E-state index in [0.717, 1.165) is 30.3 Å². The molecule has 2 saturated carbocycles. The zero-order valence-electron chi connectivity index (χ0n) is 16.0. The lowest BCUT2D eigenvalue weighted by Gasteiger charge is -2.37. The molecule has 1 heteroatoms. The Morgan fingerprint density at radius 3 is 2.16 bits per heavy atom.